The van der Waals surface area contributed by atoms with Gasteiger partial charge in [-0.15, -0.1) is 0 Å². The summed E-state index contributed by atoms with van der Waals surface area (Å²) in [6.07, 6.45) is 4.55. The van der Waals surface area contributed by atoms with Crippen molar-refractivity contribution in [2.75, 3.05) is 11.0 Å². The van der Waals surface area contributed by atoms with Crippen molar-refractivity contribution in [2.45, 2.75) is 0 Å². The number of aromatic amines is 1. The molecule has 2 N–H and O–H groups in total. The van der Waals surface area contributed by atoms with E-state index in [1.54, 1.807) is 24.5 Å². The molecule has 0 saturated carbocycles. The number of H-pyrrole nitrogens is 1. The lowest BCUT2D eigenvalue weighted by atomic mass is 10.0. The Morgan fingerprint density at radius 1 is 1.12 bits per heavy atom. The van der Waals surface area contributed by atoms with E-state index in [-0.39, 0.29) is 0 Å². The van der Waals surface area contributed by atoms with Crippen molar-refractivity contribution >= 4 is 26.7 Å². The molecule has 0 atom stereocenters. The second kappa shape index (κ2) is 5.78. The normalized spacial score (nSPS) is 11.7. The van der Waals surface area contributed by atoms with Gasteiger partial charge in [0.2, 0.25) is 10.0 Å². The number of sulfonamides is 1. The van der Waals surface area contributed by atoms with Crippen molar-refractivity contribution in [2.24, 2.45) is 0 Å². The minimum absolute atomic E-state index is 0.453. The standard InChI is InChI=1S/C18H15N3O3S/c1-25(22,23)21-13-7-8-14-15(11-13)24-17(12-5-3-2-4-6-12)16(14)18-19-9-10-20-18/h2-11,21H,1H3,(H,19,20). The summed E-state index contributed by atoms with van der Waals surface area (Å²) >= 11 is 0. The molecule has 0 amide bonds. The molecule has 2 aromatic carbocycles. The number of nitrogens with one attached hydrogen (secondary N) is 2. The number of anilines is 1. The summed E-state index contributed by atoms with van der Waals surface area (Å²) in [6.45, 7) is 0. The number of imidazole rings is 1. The molecule has 25 heavy (non-hydrogen) atoms. The van der Waals surface area contributed by atoms with Crippen LogP contribution in [0.3, 0.4) is 0 Å². The summed E-state index contributed by atoms with van der Waals surface area (Å²) in [6, 6.07) is 14.9. The van der Waals surface area contributed by atoms with Gasteiger partial charge in [0.05, 0.1) is 17.5 Å². The lowest BCUT2D eigenvalue weighted by Crippen LogP contribution is -2.09. The Morgan fingerprint density at radius 3 is 2.60 bits per heavy atom. The zero-order chi connectivity index (χ0) is 17.4. The first-order valence-electron chi connectivity index (χ1n) is 7.61. The Balaban J connectivity index is 1.96. The van der Waals surface area contributed by atoms with Crippen LogP contribution in [0.15, 0.2) is 65.3 Å². The minimum Gasteiger partial charge on any atom is -0.455 e. The van der Waals surface area contributed by atoms with E-state index in [9.17, 15) is 8.42 Å². The SMILES string of the molecule is CS(=O)(=O)Nc1ccc2c(-c3ncc[nH]3)c(-c3ccccc3)oc2c1. The van der Waals surface area contributed by atoms with Crippen LogP contribution in [0.25, 0.3) is 33.7 Å². The molecular weight excluding hydrogens is 338 g/mol. The molecule has 0 unspecified atom stereocenters. The number of rotatable bonds is 4. The fourth-order valence-corrected chi connectivity index (χ4v) is 3.36. The average molecular weight is 353 g/mol. The zero-order valence-electron chi connectivity index (χ0n) is 13.4. The molecule has 0 bridgehead atoms. The topological polar surface area (TPSA) is 88.0 Å². The van der Waals surface area contributed by atoms with E-state index in [2.05, 4.69) is 14.7 Å². The van der Waals surface area contributed by atoms with Crippen molar-refractivity contribution in [3.8, 4) is 22.7 Å². The van der Waals surface area contributed by atoms with Crippen molar-refractivity contribution in [3.05, 3.63) is 60.9 Å². The molecule has 4 rings (SSSR count). The lowest BCUT2D eigenvalue weighted by Gasteiger charge is -2.03. The maximum atomic E-state index is 11.5. The van der Waals surface area contributed by atoms with Crippen LogP contribution >= 0.6 is 0 Å². The first-order valence-corrected chi connectivity index (χ1v) is 9.50. The molecule has 0 aliphatic heterocycles. The average Bonchev–Trinajstić information content (AvgIpc) is 3.20. The molecule has 0 fully saturated rings. The van der Waals surface area contributed by atoms with E-state index in [4.69, 9.17) is 4.42 Å². The summed E-state index contributed by atoms with van der Waals surface area (Å²) in [7, 11) is -3.35. The van der Waals surface area contributed by atoms with Crippen molar-refractivity contribution in [1.82, 2.24) is 9.97 Å². The Labute approximate surface area is 144 Å². The van der Waals surface area contributed by atoms with E-state index >= 15 is 0 Å². The van der Waals surface area contributed by atoms with Gasteiger partial charge in [-0.3, -0.25) is 4.72 Å². The second-order valence-electron chi connectivity index (χ2n) is 5.70. The number of furan rings is 1. The minimum atomic E-state index is -3.35. The van der Waals surface area contributed by atoms with Crippen LogP contribution < -0.4 is 4.72 Å². The third-order valence-corrected chi connectivity index (χ3v) is 4.37. The highest BCUT2D eigenvalue weighted by Gasteiger charge is 2.19. The summed E-state index contributed by atoms with van der Waals surface area (Å²) in [4.78, 5) is 7.46. The summed E-state index contributed by atoms with van der Waals surface area (Å²) in [5, 5.41) is 0.854. The quantitative estimate of drug-likeness (QED) is 0.583. The third-order valence-electron chi connectivity index (χ3n) is 3.76. The van der Waals surface area contributed by atoms with Gasteiger partial charge in [-0.2, -0.15) is 0 Å². The first kappa shape index (κ1) is 15.5. The maximum absolute atomic E-state index is 11.5. The van der Waals surface area contributed by atoms with Crippen molar-refractivity contribution in [1.29, 1.82) is 0 Å². The molecule has 126 valence electrons. The number of nitrogens with zero attached hydrogens (tertiary/aromatic N) is 1. The number of aromatic nitrogens is 2. The molecule has 0 radical (unpaired) electrons. The molecule has 6 nitrogen and oxygen atoms in total. The van der Waals surface area contributed by atoms with Crippen LogP contribution in [0.4, 0.5) is 5.69 Å². The summed E-state index contributed by atoms with van der Waals surface area (Å²) in [5.41, 5.74) is 2.80. The zero-order valence-corrected chi connectivity index (χ0v) is 14.2. The fraction of sp³-hybridized carbons (Fsp3) is 0.0556. The third kappa shape index (κ3) is 3.01. The first-order chi connectivity index (χ1) is 12.0. The van der Waals surface area contributed by atoms with Gasteiger partial charge in [-0.05, 0) is 12.1 Å². The highest BCUT2D eigenvalue weighted by Crippen LogP contribution is 2.40. The van der Waals surface area contributed by atoms with E-state index in [0.29, 0.717) is 22.9 Å². The van der Waals surface area contributed by atoms with E-state index in [0.717, 1.165) is 22.8 Å². The maximum Gasteiger partial charge on any atom is 0.229 e. The van der Waals surface area contributed by atoms with Crippen LogP contribution in [0.5, 0.6) is 0 Å². The van der Waals surface area contributed by atoms with Gasteiger partial charge in [0.25, 0.3) is 0 Å². The number of hydrogen-bond acceptors (Lipinski definition) is 4. The van der Waals surface area contributed by atoms with Crippen LogP contribution in [0, 0.1) is 0 Å². The van der Waals surface area contributed by atoms with Crippen LogP contribution in [0.2, 0.25) is 0 Å². The molecule has 2 aromatic heterocycles. The van der Waals surface area contributed by atoms with Gasteiger partial charge in [-0.1, -0.05) is 30.3 Å². The van der Waals surface area contributed by atoms with Gasteiger partial charge in [0.15, 0.2) is 0 Å². The number of fused-ring (bicyclic) bond motifs is 1. The highest BCUT2D eigenvalue weighted by molar-refractivity contribution is 7.92. The molecule has 0 saturated heterocycles. The van der Waals surface area contributed by atoms with Gasteiger partial charge < -0.3 is 9.40 Å². The van der Waals surface area contributed by atoms with Crippen LogP contribution in [0.1, 0.15) is 0 Å². The molecule has 2 heterocycles. The van der Waals surface area contributed by atoms with Crippen molar-refractivity contribution in [3.63, 3.8) is 0 Å². The van der Waals surface area contributed by atoms with E-state index in [1.165, 1.54) is 0 Å². The van der Waals surface area contributed by atoms with Gasteiger partial charge >= 0.3 is 0 Å². The Hall–Kier alpha value is -3.06. The second-order valence-corrected chi connectivity index (χ2v) is 7.44. The molecule has 4 aromatic rings. The van der Waals surface area contributed by atoms with E-state index in [1.807, 2.05) is 36.4 Å². The van der Waals surface area contributed by atoms with Crippen LogP contribution in [-0.4, -0.2) is 24.6 Å². The summed E-state index contributed by atoms with van der Waals surface area (Å²) < 4.78 is 31.5. The molecule has 7 heteroatoms. The highest BCUT2D eigenvalue weighted by atomic mass is 32.2. The fourth-order valence-electron chi connectivity index (χ4n) is 2.80. The smallest absolute Gasteiger partial charge is 0.229 e. The Bertz CT molecular complexity index is 1130. The molecule has 0 aliphatic rings. The number of hydrogen-bond donors (Lipinski definition) is 2. The molecule has 0 aliphatic carbocycles. The summed E-state index contributed by atoms with van der Waals surface area (Å²) in [5.74, 6) is 1.38. The van der Waals surface area contributed by atoms with E-state index < -0.39 is 10.0 Å². The predicted molar refractivity (Wildman–Crippen MR) is 97.7 cm³/mol. The van der Waals surface area contributed by atoms with Crippen LogP contribution in [-0.2, 0) is 10.0 Å². The monoisotopic (exact) mass is 353 g/mol. The van der Waals surface area contributed by atoms with Gasteiger partial charge in [0.1, 0.15) is 17.2 Å². The Morgan fingerprint density at radius 2 is 1.92 bits per heavy atom. The van der Waals surface area contributed by atoms with Gasteiger partial charge in [-0.25, -0.2) is 13.4 Å². The van der Waals surface area contributed by atoms with Gasteiger partial charge in [0, 0.05) is 29.4 Å². The van der Waals surface area contributed by atoms with Crippen molar-refractivity contribution < 1.29 is 12.8 Å². The lowest BCUT2D eigenvalue weighted by molar-refractivity contribution is 0.607. The largest absolute Gasteiger partial charge is 0.455 e. The Kier molecular flexibility index (Phi) is 3.58. The molecule has 0 spiro atoms. The molecular formula is C18H15N3O3S. The predicted octanol–water partition coefficient (Wildman–Crippen LogP) is 3.86. The number of benzene rings is 2.